The number of hydrogen-bond donors (Lipinski definition) is 2. The van der Waals surface area contributed by atoms with Crippen molar-refractivity contribution in [3.63, 3.8) is 0 Å². The highest BCUT2D eigenvalue weighted by Gasteiger charge is 2.35. The van der Waals surface area contributed by atoms with E-state index in [-0.39, 0.29) is 5.91 Å². The molecule has 0 unspecified atom stereocenters. The second-order valence-electron chi connectivity index (χ2n) is 7.46. The van der Waals surface area contributed by atoms with E-state index in [0.29, 0.717) is 24.3 Å². The Morgan fingerprint density at radius 2 is 1.48 bits per heavy atom. The Morgan fingerprint density at radius 1 is 0.828 bits per heavy atom. The number of rotatable bonds is 5. The maximum atomic E-state index is 12.6. The van der Waals surface area contributed by atoms with Crippen molar-refractivity contribution in [1.29, 1.82) is 0 Å². The molecule has 3 aromatic rings. The molecular weight excluding hydrogens is 366 g/mol. The summed E-state index contributed by atoms with van der Waals surface area (Å²) in [4.78, 5) is 24.0. The predicted octanol–water partition coefficient (Wildman–Crippen LogP) is 5.46. The van der Waals surface area contributed by atoms with Crippen molar-refractivity contribution in [3.05, 3.63) is 66.7 Å². The maximum Gasteiger partial charge on any atom is 0.307 e. The third kappa shape index (κ3) is 4.40. The first kappa shape index (κ1) is 19.0. The van der Waals surface area contributed by atoms with Crippen LogP contribution in [0.3, 0.4) is 0 Å². The Hall–Kier alpha value is -3.34. The summed E-state index contributed by atoms with van der Waals surface area (Å²) in [5, 5.41) is 14.5. The molecule has 0 spiro atoms. The molecule has 0 bridgehead atoms. The summed E-state index contributed by atoms with van der Waals surface area (Å²) in [7, 11) is 0. The highest BCUT2D eigenvalue weighted by Crippen LogP contribution is 2.32. The van der Waals surface area contributed by atoms with Crippen LogP contribution in [-0.2, 0) is 9.59 Å². The van der Waals surface area contributed by atoms with Gasteiger partial charge >= 0.3 is 5.97 Å². The van der Waals surface area contributed by atoms with Gasteiger partial charge in [0.05, 0.1) is 11.8 Å². The lowest BCUT2D eigenvalue weighted by Crippen LogP contribution is -2.36. The number of carbonyl (C=O) groups excluding carboxylic acids is 1. The maximum absolute atomic E-state index is 12.6. The molecule has 1 aliphatic carbocycles. The van der Waals surface area contributed by atoms with Crippen LogP contribution in [0.4, 0.5) is 5.69 Å². The number of benzene rings is 3. The molecule has 0 aliphatic heterocycles. The largest absolute Gasteiger partial charge is 0.481 e. The molecule has 2 atom stereocenters. The zero-order chi connectivity index (χ0) is 20.2. The summed E-state index contributed by atoms with van der Waals surface area (Å²) in [6, 6.07) is 21.1. The lowest BCUT2D eigenvalue weighted by Gasteiger charge is -2.27. The molecule has 0 aromatic heterocycles. The van der Waals surface area contributed by atoms with Gasteiger partial charge in [-0.2, -0.15) is 0 Å². The van der Waals surface area contributed by atoms with Gasteiger partial charge in [-0.15, -0.1) is 0 Å². The first-order chi connectivity index (χ1) is 14.1. The number of anilines is 1. The minimum atomic E-state index is -0.885. The molecule has 2 N–H and O–H groups in total. The van der Waals surface area contributed by atoms with Crippen molar-refractivity contribution >= 4 is 28.3 Å². The number of fused-ring (bicyclic) bond motifs is 1. The Kier molecular flexibility index (Phi) is 5.47. The molecule has 5 heteroatoms. The Morgan fingerprint density at radius 3 is 2.21 bits per heavy atom. The van der Waals surface area contributed by atoms with Crippen LogP contribution < -0.4 is 10.1 Å². The summed E-state index contributed by atoms with van der Waals surface area (Å²) in [6.45, 7) is 0. The number of carboxylic acids is 1. The van der Waals surface area contributed by atoms with Crippen LogP contribution in [0.2, 0.25) is 0 Å². The summed E-state index contributed by atoms with van der Waals surface area (Å²) in [6.07, 6.45) is 2.93. The lowest BCUT2D eigenvalue weighted by molar-refractivity contribution is -0.147. The number of nitrogens with one attached hydrogen (secondary N) is 1. The Balaban J connectivity index is 1.42. The molecule has 4 rings (SSSR count). The van der Waals surface area contributed by atoms with E-state index in [4.69, 9.17) is 4.74 Å². The van der Waals surface area contributed by atoms with Gasteiger partial charge in [-0.25, -0.2) is 0 Å². The highest BCUT2D eigenvalue weighted by atomic mass is 16.5. The lowest BCUT2D eigenvalue weighted by atomic mass is 9.78. The van der Waals surface area contributed by atoms with Crippen LogP contribution in [0.15, 0.2) is 66.7 Å². The van der Waals surface area contributed by atoms with Crippen molar-refractivity contribution in [2.24, 2.45) is 11.8 Å². The van der Waals surface area contributed by atoms with Gasteiger partial charge < -0.3 is 15.2 Å². The van der Waals surface area contributed by atoms with Crippen LogP contribution in [0, 0.1) is 11.8 Å². The second-order valence-corrected chi connectivity index (χ2v) is 7.46. The van der Waals surface area contributed by atoms with E-state index in [1.807, 2.05) is 36.4 Å². The molecule has 0 heterocycles. The molecule has 1 fully saturated rings. The normalized spacial score (nSPS) is 18.9. The second kappa shape index (κ2) is 8.35. The fourth-order valence-corrected chi connectivity index (χ4v) is 3.95. The van der Waals surface area contributed by atoms with E-state index in [2.05, 4.69) is 11.4 Å². The number of ether oxygens (including phenoxy) is 1. The van der Waals surface area contributed by atoms with Gasteiger partial charge in [0.2, 0.25) is 5.91 Å². The van der Waals surface area contributed by atoms with Gasteiger partial charge in [0.25, 0.3) is 0 Å². The van der Waals surface area contributed by atoms with Gasteiger partial charge in [-0.3, -0.25) is 9.59 Å². The summed E-state index contributed by atoms with van der Waals surface area (Å²) < 4.78 is 5.92. The molecule has 5 nitrogen and oxygen atoms in total. The average molecular weight is 389 g/mol. The zero-order valence-corrected chi connectivity index (χ0v) is 16.0. The van der Waals surface area contributed by atoms with Crippen LogP contribution in [0.25, 0.3) is 10.8 Å². The standard InChI is InChI=1S/C24H23NO4/c26-23(21-7-3-4-8-22(21)24(27)28)25-18-10-13-19(14-11-18)29-20-12-9-16-5-1-2-6-17(16)15-20/h1-2,5-6,9-15,21-22H,3-4,7-8H2,(H,25,26)(H,27,28)/t21-,22+/m1/s1. The zero-order valence-electron chi connectivity index (χ0n) is 16.0. The minimum absolute atomic E-state index is 0.222. The molecule has 1 amide bonds. The van der Waals surface area contributed by atoms with E-state index < -0.39 is 17.8 Å². The molecule has 0 radical (unpaired) electrons. The fraction of sp³-hybridized carbons (Fsp3) is 0.250. The molecule has 1 aliphatic rings. The van der Waals surface area contributed by atoms with Crippen LogP contribution in [-0.4, -0.2) is 17.0 Å². The van der Waals surface area contributed by atoms with Gasteiger partial charge in [0.1, 0.15) is 11.5 Å². The molecular formula is C24H23NO4. The van der Waals surface area contributed by atoms with Crippen molar-refractivity contribution in [2.75, 3.05) is 5.32 Å². The van der Waals surface area contributed by atoms with Gasteiger partial charge in [0, 0.05) is 5.69 Å². The average Bonchev–Trinajstić information content (AvgIpc) is 2.75. The number of carbonyl (C=O) groups is 2. The van der Waals surface area contributed by atoms with Crippen molar-refractivity contribution in [3.8, 4) is 11.5 Å². The monoisotopic (exact) mass is 389 g/mol. The molecule has 0 saturated heterocycles. The van der Waals surface area contributed by atoms with Gasteiger partial charge in [-0.1, -0.05) is 43.2 Å². The molecule has 29 heavy (non-hydrogen) atoms. The summed E-state index contributed by atoms with van der Waals surface area (Å²) >= 11 is 0. The number of hydrogen-bond acceptors (Lipinski definition) is 3. The van der Waals surface area contributed by atoms with Gasteiger partial charge in [-0.05, 0) is 60.0 Å². The quantitative estimate of drug-likeness (QED) is 0.607. The highest BCUT2D eigenvalue weighted by molar-refractivity contribution is 5.95. The predicted molar refractivity (Wildman–Crippen MR) is 112 cm³/mol. The fourth-order valence-electron chi connectivity index (χ4n) is 3.95. The SMILES string of the molecule is O=C(O)[C@H]1CCCC[C@H]1C(=O)Nc1ccc(Oc2ccc3ccccc3c2)cc1. The topological polar surface area (TPSA) is 75.6 Å². The van der Waals surface area contributed by atoms with Crippen LogP contribution in [0.5, 0.6) is 11.5 Å². The molecule has 1 saturated carbocycles. The number of amides is 1. The first-order valence-electron chi connectivity index (χ1n) is 9.90. The van der Waals surface area contributed by atoms with E-state index in [1.165, 1.54) is 0 Å². The summed E-state index contributed by atoms with van der Waals surface area (Å²) in [5.41, 5.74) is 0.635. The Labute approximate surface area is 169 Å². The summed E-state index contributed by atoms with van der Waals surface area (Å²) in [5.74, 6) is -0.773. The van der Waals surface area contributed by atoms with Crippen molar-refractivity contribution < 1.29 is 19.4 Å². The van der Waals surface area contributed by atoms with E-state index in [1.54, 1.807) is 24.3 Å². The van der Waals surface area contributed by atoms with E-state index in [9.17, 15) is 14.7 Å². The van der Waals surface area contributed by atoms with E-state index in [0.717, 1.165) is 29.4 Å². The van der Waals surface area contributed by atoms with Crippen LogP contribution in [0.1, 0.15) is 25.7 Å². The molecule has 148 valence electrons. The third-order valence-corrected chi connectivity index (χ3v) is 5.50. The van der Waals surface area contributed by atoms with Gasteiger partial charge in [0.15, 0.2) is 0 Å². The minimum Gasteiger partial charge on any atom is -0.481 e. The third-order valence-electron chi connectivity index (χ3n) is 5.50. The smallest absolute Gasteiger partial charge is 0.307 e. The van der Waals surface area contributed by atoms with Crippen molar-refractivity contribution in [2.45, 2.75) is 25.7 Å². The van der Waals surface area contributed by atoms with Crippen LogP contribution >= 0.6 is 0 Å². The Bertz CT molecular complexity index is 1030. The van der Waals surface area contributed by atoms with E-state index >= 15 is 0 Å². The molecule has 3 aromatic carbocycles. The number of carboxylic acid groups (broad SMARTS) is 1. The van der Waals surface area contributed by atoms with Crippen molar-refractivity contribution in [1.82, 2.24) is 0 Å². The number of aliphatic carboxylic acids is 1. The first-order valence-corrected chi connectivity index (χ1v) is 9.90.